The van der Waals surface area contributed by atoms with E-state index in [0.29, 0.717) is 5.94 Å². The van der Waals surface area contributed by atoms with Crippen molar-refractivity contribution in [3.63, 3.8) is 0 Å². The van der Waals surface area contributed by atoms with Gasteiger partial charge in [-0.1, -0.05) is 11.8 Å². The minimum atomic E-state index is -0.266. The molecule has 77 valence electrons. The van der Waals surface area contributed by atoms with Crippen LogP contribution in [0.1, 0.15) is 20.8 Å². The topological polar surface area (TPSA) is 35.5 Å². The SMILES string of the molecule is CS[C](OC(C)C)SCOC(C)=O. The van der Waals surface area contributed by atoms with Crippen LogP contribution in [0, 0.1) is 4.77 Å². The molecule has 0 atom stereocenters. The minimum absolute atomic E-state index is 0.160. The number of carbonyl (C=O) groups is 1. The van der Waals surface area contributed by atoms with E-state index in [1.807, 2.05) is 20.1 Å². The Balaban J connectivity index is 3.53. The molecule has 0 aliphatic rings. The smallest absolute Gasteiger partial charge is 0.303 e. The van der Waals surface area contributed by atoms with Gasteiger partial charge in [-0.25, -0.2) is 0 Å². The van der Waals surface area contributed by atoms with Crippen molar-refractivity contribution in [1.29, 1.82) is 0 Å². The van der Waals surface area contributed by atoms with E-state index in [0.717, 1.165) is 4.77 Å². The Kier molecular flexibility index (Phi) is 7.60. The van der Waals surface area contributed by atoms with E-state index in [1.54, 1.807) is 0 Å². The van der Waals surface area contributed by atoms with E-state index in [-0.39, 0.29) is 12.1 Å². The summed E-state index contributed by atoms with van der Waals surface area (Å²) in [6.45, 7) is 5.31. The van der Waals surface area contributed by atoms with Crippen molar-refractivity contribution in [2.75, 3.05) is 12.2 Å². The van der Waals surface area contributed by atoms with Gasteiger partial charge in [-0.05, 0) is 20.1 Å². The van der Waals surface area contributed by atoms with Gasteiger partial charge in [-0.3, -0.25) is 4.79 Å². The summed E-state index contributed by atoms with van der Waals surface area (Å²) < 4.78 is 11.0. The molecule has 0 aromatic carbocycles. The van der Waals surface area contributed by atoms with Crippen molar-refractivity contribution in [2.45, 2.75) is 26.9 Å². The van der Waals surface area contributed by atoms with Crippen LogP contribution in [0.25, 0.3) is 0 Å². The molecular weight excluding hydrogens is 208 g/mol. The number of hydrogen-bond donors (Lipinski definition) is 0. The maximum absolute atomic E-state index is 10.4. The molecule has 13 heavy (non-hydrogen) atoms. The van der Waals surface area contributed by atoms with Crippen LogP contribution in [-0.4, -0.2) is 24.3 Å². The fourth-order valence-corrected chi connectivity index (χ4v) is 1.98. The molecule has 0 aromatic rings. The van der Waals surface area contributed by atoms with Crippen molar-refractivity contribution >= 4 is 29.5 Å². The normalized spacial score (nSPS) is 10.9. The Hall–Kier alpha value is 0.130. The van der Waals surface area contributed by atoms with Crippen molar-refractivity contribution in [3.8, 4) is 0 Å². The Morgan fingerprint density at radius 2 is 2.08 bits per heavy atom. The van der Waals surface area contributed by atoms with Gasteiger partial charge in [0.05, 0.1) is 6.10 Å². The van der Waals surface area contributed by atoms with Gasteiger partial charge in [0.1, 0.15) is 5.94 Å². The monoisotopic (exact) mass is 223 g/mol. The molecule has 0 saturated heterocycles. The Morgan fingerprint density at radius 3 is 2.46 bits per heavy atom. The number of hydrogen-bond acceptors (Lipinski definition) is 5. The molecule has 1 radical (unpaired) electrons. The van der Waals surface area contributed by atoms with Crippen LogP contribution in [0.2, 0.25) is 0 Å². The second kappa shape index (κ2) is 7.53. The zero-order valence-corrected chi connectivity index (χ0v) is 9.96. The molecule has 0 fully saturated rings. The van der Waals surface area contributed by atoms with Crippen LogP contribution in [0.3, 0.4) is 0 Å². The second-order valence-corrected chi connectivity index (χ2v) is 4.45. The molecule has 0 heterocycles. The first kappa shape index (κ1) is 13.1. The molecule has 0 rings (SSSR count). The predicted octanol–water partition coefficient (Wildman–Crippen LogP) is 2.48. The molecule has 0 aromatic heterocycles. The van der Waals surface area contributed by atoms with Crippen LogP contribution >= 0.6 is 23.5 Å². The highest BCUT2D eigenvalue weighted by Crippen LogP contribution is 2.31. The Labute approximate surface area is 87.9 Å². The standard InChI is InChI=1S/C8H15O3S2/c1-6(2)11-8(12-4)13-5-10-7(3)9/h6H,5H2,1-4H3. The lowest BCUT2D eigenvalue weighted by Gasteiger charge is -2.15. The minimum Gasteiger partial charge on any atom is -0.455 e. The largest absolute Gasteiger partial charge is 0.455 e. The third-order valence-electron chi connectivity index (χ3n) is 0.938. The molecule has 0 aliphatic carbocycles. The van der Waals surface area contributed by atoms with Crippen LogP contribution in [0.4, 0.5) is 0 Å². The molecule has 5 heteroatoms. The first-order valence-corrected chi connectivity index (χ1v) is 6.11. The average Bonchev–Trinajstić information content (AvgIpc) is 2.01. The Morgan fingerprint density at radius 1 is 1.46 bits per heavy atom. The molecule has 0 aliphatic heterocycles. The predicted molar refractivity (Wildman–Crippen MR) is 57.2 cm³/mol. The van der Waals surface area contributed by atoms with E-state index in [1.165, 1.54) is 30.4 Å². The zero-order chi connectivity index (χ0) is 10.3. The van der Waals surface area contributed by atoms with Gasteiger partial charge in [0, 0.05) is 6.92 Å². The summed E-state index contributed by atoms with van der Waals surface area (Å²) >= 11 is 2.91. The number of carbonyl (C=O) groups excluding carboxylic acids is 1. The van der Waals surface area contributed by atoms with Crippen LogP contribution < -0.4 is 0 Å². The van der Waals surface area contributed by atoms with Crippen molar-refractivity contribution in [1.82, 2.24) is 0 Å². The summed E-state index contributed by atoms with van der Waals surface area (Å²) in [5, 5.41) is 0. The van der Waals surface area contributed by atoms with Crippen molar-refractivity contribution in [2.24, 2.45) is 0 Å². The summed E-state index contributed by atoms with van der Waals surface area (Å²) in [6.07, 6.45) is 2.09. The van der Waals surface area contributed by atoms with Gasteiger partial charge < -0.3 is 9.47 Å². The lowest BCUT2D eigenvalue weighted by atomic mass is 10.5. The molecule has 0 N–H and O–H groups in total. The number of rotatable bonds is 6. The second-order valence-electron chi connectivity index (χ2n) is 2.52. The van der Waals surface area contributed by atoms with Gasteiger partial charge in [0.2, 0.25) is 4.77 Å². The number of ether oxygens (including phenoxy) is 2. The Bertz CT molecular complexity index is 150. The van der Waals surface area contributed by atoms with Gasteiger partial charge in [-0.2, -0.15) is 0 Å². The van der Waals surface area contributed by atoms with E-state index in [4.69, 9.17) is 9.47 Å². The van der Waals surface area contributed by atoms with Gasteiger partial charge in [0.15, 0.2) is 0 Å². The lowest BCUT2D eigenvalue weighted by molar-refractivity contribution is -0.138. The van der Waals surface area contributed by atoms with Gasteiger partial charge in [0.25, 0.3) is 0 Å². The van der Waals surface area contributed by atoms with Crippen LogP contribution in [0.5, 0.6) is 0 Å². The number of thioether (sulfide) groups is 2. The molecule has 0 spiro atoms. The average molecular weight is 223 g/mol. The fourth-order valence-electron chi connectivity index (χ4n) is 0.494. The summed E-state index contributed by atoms with van der Waals surface area (Å²) in [7, 11) is 0. The first-order chi connectivity index (χ1) is 6.06. The van der Waals surface area contributed by atoms with Crippen molar-refractivity contribution < 1.29 is 14.3 Å². The van der Waals surface area contributed by atoms with Crippen molar-refractivity contribution in [3.05, 3.63) is 4.77 Å². The third kappa shape index (κ3) is 8.46. The summed E-state index contributed by atoms with van der Waals surface area (Å²) in [4.78, 5) is 10.4. The number of esters is 1. The maximum Gasteiger partial charge on any atom is 0.303 e. The van der Waals surface area contributed by atoms with E-state index < -0.39 is 0 Å². The summed E-state index contributed by atoms with van der Waals surface area (Å²) in [6, 6.07) is 0. The van der Waals surface area contributed by atoms with Crippen LogP contribution in [0.15, 0.2) is 0 Å². The van der Waals surface area contributed by atoms with Crippen LogP contribution in [-0.2, 0) is 14.3 Å². The first-order valence-electron chi connectivity index (χ1n) is 3.90. The van der Waals surface area contributed by atoms with E-state index >= 15 is 0 Å². The maximum atomic E-state index is 10.4. The quantitative estimate of drug-likeness (QED) is 0.510. The lowest BCUT2D eigenvalue weighted by Crippen LogP contribution is -2.06. The molecule has 0 saturated carbocycles. The molecule has 0 bridgehead atoms. The van der Waals surface area contributed by atoms with E-state index in [9.17, 15) is 4.79 Å². The highest BCUT2D eigenvalue weighted by Gasteiger charge is 2.12. The molecular formula is C8H15O3S2. The fraction of sp³-hybridized carbons (Fsp3) is 0.750. The van der Waals surface area contributed by atoms with E-state index in [2.05, 4.69) is 0 Å². The highest BCUT2D eigenvalue weighted by molar-refractivity contribution is 8.20. The zero-order valence-electron chi connectivity index (χ0n) is 8.33. The molecule has 0 amide bonds. The summed E-state index contributed by atoms with van der Waals surface area (Å²) in [5.74, 6) is 0.0515. The van der Waals surface area contributed by atoms with Gasteiger partial charge >= 0.3 is 5.97 Å². The van der Waals surface area contributed by atoms with Gasteiger partial charge in [-0.15, -0.1) is 11.8 Å². The summed E-state index contributed by atoms with van der Waals surface area (Å²) in [5.41, 5.74) is 0. The third-order valence-corrected chi connectivity index (χ3v) is 2.79. The highest BCUT2D eigenvalue weighted by atomic mass is 32.2. The molecule has 0 unspecified atom stereocenters. The molecule has 3 nitrogen and oxygen atoms in total.